The van der Waals surface area contributed by atoms with Gasteiger partial charge in [0.15, 0.2) is 11.0 Å². The Morgan fingerprint density at radius 3 is 2.68 bits per heavy atom. The second-order valence-electron chi connectivity index (χ2n) is 6.91. The molecule has 160 valence electrons. The molecule has 4 rings (SSSR count). The monoisotopic (exact) mass is 456 g/mol. The molecule has 9 heteroatoms. The van der Waals surface area contributed by atoms with Gasteiger partial charge in [-0.1, -0.05) is 35.5 Å². The third-order valence-electron chi connectivity index (χ3n) is 4.82. The summed E-state index contributed by atoms with van der Waals surface area (Å²) in [4.78, 5) is 25.7. The smallest absolute Gasteiger partial charge is 0.239 e. The number of hydrogen-bond donors (Lipinski definition) is 0. The molecule has 1 aromatic heterocycles. The molecule has 2 heterocycles. The number of likely N-dealkylation sites (tertiary alicyclic amines) is 1. The van der Waals surface area contributed by atoms with Crippen LogP contribution in [0.5, 0.6) is 5.75 Å². The number of hydrogen-bond acceptors (Lipinski definition) is 6. The van der Waals surface area contributed by atoms with Crippen molar-refractivity contribution in [1.82, 2.24) is 19.7 Å². The fourth-order valence-corrected chi connectivity index (χ4v) is 4.40. The van der Waals surface area contributed by atoms with Crippen LogP contribution in [0.15, 0.2) is 53.7 Å². The van der Waals surface area contributed by atoms with Gasteiger partial charge in [0.25, 0.3) is 0 Å². The lowest BCUT2D eigenvalue weighted by molar-refractivity contribution is -0.140. The molecule has 0 N–H and O–H groups in total. The Morgan fingerprint density at radius 1 is 1.19 bits per heavy atom. The summed E-state index contributed by atoms with van der Waals surface area (Å²) < 4.78 is 7.42. The maximum Gasteiger partial charge on any atom is 0.239 e. The Bertz CT molecular complexity index is 1100. The molecule has 1 saturated heterocycles. The predicted octanol–water partition coefficient (Wildman–Crippen LogP) is 4.23. The minimum Gasteiger partial charge on any atom is -0.494 e. The molecule has 0 spiro atoms. The molecule has 7 nitrogen and oxygen atoms in total. The second kappa shape index (κ2) is 9.53. The van der Waals surface area contributed by atoms with E-state index in [4.69, 9.17) is 16.3 Å². The molecule has 3 aromatic rings. The van der Waals surface area contributed by atoms with Crippen LogP contribution in [0, 0.1) is 0 Å². The Morgan fingerprint density at radius 2 is 2.00 bits per heavy atom. The molecule has 1 aliphatic heterocycles. The fourth-order valence-electron chi connectivity index (χ4n) is 3.38. The normalized spacial score (nSPS) is 13.6. The average molecular weight is 457 g/mol. The number of halogens is 1. The first-order chi connectivity index (χ1) is 15.1. The predicted molar refractivity (Wildman–Crippen MR) is 120 cm³/mol. The lowest BCUT2D eigenvalue weighted by Gasteiger charge is -2.14. The van der Waals surface area contributed by atoms with E-state index in [1.807, 2.05) is 54.0 Å². The molecule has 0 radical (unpaired) electrons. The van der Waals surface area contributed by atoms with E-state index in [1.165, 1.54) is 16.7 Å². The minimum atomic E-state index is -0.210. The molecule has 0 saturated carbocycles. The number of carbonyl (C=O) groups is 2. The second-order valence-corrected chi connectivity index (χ2v) is 8.29. The van der Waals surface area contributed by atoms with Gasteiger partial charge in [0, 0.05) is 29.2 Å². The third kappa shape index (κ3) is 4.75. The first-order valence-electron chi connectivity index (χ1n) is 9.97. The lowest BCUT2D eigenvalue weighted by atomic mass is 10.2. The summed E-state index contributed by atoms with van der Waals surface area (Å²) in [7, 11) is 0. The first kappa shape index (κ1) is 21.4. The van der Waals surface area contributed by atoms with Gasteiger partial charge in [0.1, 0.15) is 5.75 Å². The fraction of sp³-hybridized carbons (Fsp3) is 0.273. The molecule has 0 aliphatic carbocycles. The number of ether oxygens (including phenoxy) is 1. The highest BCUT2D eigenvalue weighted by Gasteiger charge is 2.27. The van der Waals surface area contributed by atoms with Crippen LogP contribution in [0.25, 0.3) is 17.1 Å². The van der Waals surface area contributed by atoms with Crippen LogP contribution in [0.4, 0.5) is 0 Å². The molecular weight excluding hydrogens is 436 g/mol. The minimum absolute atomic E-state index is 0.108. The molecule has 2 aromatic carbocycles. The highest BCUT2D eigenvalue weighted by molar-refractivity contribution is 7.99. The number of carbonyl (C=O) groups excluding carboxylic acids is 2. The van der Waals surface area contributed by atoms with Crippen molar-refractivity contribution in [2.75, 3.05) is 18.9 Å². The SMILES string of the molecule is CCOc1ccc(-n2c(SCC(=O)N3CCCC3=O)nnc2-c2cccc(Cl)c2)cc1. The standard InChI is InChI=1S/C22H21ClN4O3S/c1-2-30-18-10-8-17(9-11-18)27-21(15-5-3-6-16(23)13-15)24-25-22(27)31-14-20(29)26-12-4-7-19(26)28/h3,5-6,8-11,13H,2,4,7,12,14H2,1H3. The quantitative estimate of drug-likeness (QED) is 0.495. The van der Waals surface area contributed by atoms with Gasteiger partial charge in [-0.3, -0.25) is 19.1 Å². The van der Waals surface area contributed by atoms with Crippen LogP contribution in [0.3, 0.4) is 0 Å². The van der Waals surface area contributed by atoms with Gasteiger partial charge >= 0.3 is 0 Å². The first-order valence-corrected chi connectivity index (χ1v) is 11.3. The zero-order valence-electron chi connectivity index (χ0n) is 17.0. The Kier molecular flexibility index (Phi) is 6.58. The van der Waals surface area contributed by atoms with Crippen molar-refractivity contribution in [2.24, 2.45) is 0 Å². The van der Waals surface area contributed by atoms with Crippen molar-refractivity contribution < 1.29 is 14.3 Å². The number of thioether (sulfide) groups is 1. The van der Waals surface area contributed by atoms with Crippen molar-refractivity contribution in [2.45, 2.75) is 24.9 Å². The number of nitrogens with zero attached hydrogens (tertiary/aromatic N) is 4. The summed E-state index contributed by atoms with van der Waals surface area (Å²) in [5.74, 6) is 1.16. The maximum absolute atomic E-state index is 12.5. The van der Waals surface area contributed by atoms with Gasteiger partial charge in [-0.05, 0) is 49.7 Å². The van der Waals surface area contributed by atoms with Gasteiger partial charge in [-0.25, -0.2) is 0 Å². The summed E-state index contributed by atoms with van der Waals surface area (Å²) in [6.45, 7) is 3.00. The van der Waals surface area contributed by atoms with Gasteiger partial charge in [-0.15, -0.1) is 10.2 Å². The van der Waals surface area contributed by atoms with E-state index in [1.54, 1.807) is 6.07 Å². The summed E-state index contributed by atoms with van der Waals surface area (Å²) in [6.07, 6.45) is 1.15. The molecule has 1 fully saturated rings. The summed E-state index contributed by atoms with van der Waals surface area (Å²) in [6, 6.07) is 15.0. The Balaban J connectivity index is 1.66. The Hall–Kier alpha value is -2.84. The number of imide groups is 1. The molecular formula is C22H21ClN4O3S. The average Bonchev–Trinajstić information content (AvgIpc) is 3.39. The van der Waals surface area contributed by atoms with E-state index in [0.717, 1.165) is 23.4 Å². The summed E-state index contributed by atoms with van der Waals surface area (Å²) >= 11 is 7.44. The molecule has 0 unspecified atom stereocenters. The lowest BCUT2D eigenvalue weighted by Crippen LogP contribution is -2.33. The van der Waals surface area contributed by atoms with Crippen molar-refractivity contribution >= 4 is 35.2 Å². The van der Waals surface area contributed by atoms with Crippen molar-refractivity contribution in [3.05, 3.63) is 53.6 Å². The van der Waals surface area contributed by atoms with Gasteiger partial charge in [-0.2, -0.15) is 0 Å². The van der Waals surface area contributed by atoms with Crippen molar-refractivity contribution in [3.63, 3.8) is 0 Å². The van der Waals surface area contributed by atoms with Gasteiger partial charge in [0.2, 0.25) is 11.8 Å². The van der Waals surface area contributed by atoms with Crippen LogP contribution in [-0.2, 0) is 9.59 Å². The van der Waals surface area contributed by atoms with Gasteiger partial charge < -0.3 is 4.74 Å². The number of aromatic nitrogens is 3. The largest absolute Gasteiger partial charge is 0.494 e. The molecule has 1 aliphatic rings. The molecule has 31 heavy (non-hydrogen) atoms. The number of amides is 2. The maximum atomic E-state index is 12.5. The van der Waals surface area contributed by atoms with Crippen LogP contribution in [0.2, 0.25) is 5.02 Å². The summed E-state index contributed by atoms with van der Waals surface area (Å²) in [5, 5.41) is 9.83. The van der Waals surface area contributed by atoms with Crippen molar-refractivity contribution in [3.8, 4) is 22.8 Å². The van der Waals surface area contributed by atoms with Crippen LogP contribution < -0.4 is 4.74 Å². The van der Waals surface area contributed by atoms with Crippen LogP contribution in [-0.4, -0.2) is 50.4 Å². The van der Waals surface area contributed by atoms with E-state index < -0.39 is 0 Å². The summed E-state index contributed by atoms with van der Waals surface area (Å²) in [5.41, 5.74) is 1.64. The third-order valence-corrected chi connectivity index (χ3v) is 5.97. The zero-order chi connectivity index (χ0) is 21.8. The van der Waals surface area contributed by atoms with E-state index in [9.17, 15) is 9.59 Å². The zero-order valence-corrected chi connectivity index (χ0v) is 18.5. The number of rotatable bonds is 7. The van der Waals surface area contributed by atoms with Gasteiger partial charge in [0.05, 0.1) is 12.4 Å². The number of benzene rings is 2. The van der Waals surface area contributed by atoms with Crippen molar-refractivity contribution in [1.29, 1.82) is 0 Å². The molecule has 0 bridgehead atoms. The molecule has 2 amide bonds. The van der Waals surface area contributed by atoms with E-state index in [0.29, 0.717) is 35.6 Å². The van der Waals surface area contributed by atoms with Crippen LogP contribution in [0.1, 0.15) is 19.8 Å². The van der Waals surface area contributed by atoms with E-state index in [-0.39, 0.29) is 17.6 Å². The van der Waals surface area contributed by atoms with E-state index in [2.05, 4.69) is 10.2 Å². The highest BCUT2D eigenvalue weighted by Crippen LogP contribution is 2.30. The van der Waals surface area contributed by atoms with Crippen LogP contribution >= 0.6 is 23.4 Å². The van der Waals surface area contributed by atoms with E-state index >= 15 is 0 Å². The molecule has 0 atom stereocenters. The highest BCUT2D eigenvalue weighted by atomic mass is 35.5. The topological polar surface area (TPSA) is 77.3 Å². The Labute approximate surface area is 189 Å².